The van der Waals surface area contributed by atoms with Crippen molar-refractivity contribution in [1.29, 1.82) is 0 Å². The maximum Gasteiger partial charge on any atom is 0.191 e. The van der Waals surface area contributed by atoms with Gasteiger partial charge in [-0.25, -0.2) is 4.39 Å². The highest BCUT2D eigenvalue weighted by molar-refractivity contribution is 5.79. The monoisotopic (exact) mass is 444 g/mol. The van der Waals surface area contributed by atoms with E-state index in [1.807, 2.05) is 36.4 Å². The van der Waals surface area contributed by atoms with Crippen LogP contribution in [0.4, 0.5) is 4.39 Å². The first-order valence-corrected chi connectivity index (χ1v) is 10.9. The molecule has 1 aliphatic heterocycles. The molecular formula is C24H33FN4O3. The minimum Gasteiger partial charge on any atom is -0.491 e. The Morgan fingerprint density at radius 2 is 1.78 bits per heavy atom. The third-order valence-electron chi connectivity index (χ3n) is 5.37. The Bertz CT molecular complexity index is 824. The number of hydrogen-bond donors (Lipinski definition) is 2. The molecule has 0 bridgehead atoms. The molecule has 0 saturated carbocycles. The number of aliphatic imine (C=N–C) groups is 1. The summed E-state index contributed by atoms with van der Waals surface area (Å²) in [5, 5.41) is 6.77. The van der Waals surface area contributed by atoms with Crippen LogP contribution in [0.3, 0.4) is 0 Å². The van der Waals surface area contributed by atoms with Gasteiger partial charge < -0.3 is 24.8 Å². The molecule has 0 amide bonds. The summed E-state index contributed by atoms with van der Waals surface area (Å²) in [4.78, 5) is 6.71. The molecule has 8 heteroatoms. The van der Waals surface area contributed by atoms with E-state index in [1.54, 1.807) is 14.2 Å². The second-order valence-corrected chi connectivity index (χ2v) is 7.51. The zero-order chi connectivity index (χ0) is 22.6. The zero-order valence-corrected chi connectivity index (χ0v) is 18.9. The van der Waals surface area contributed by atoms with Crippen LogP contribution >= 0.6 is 0 Å². The van der Waals surface area contributed by atoms with E-state index in [0.717, 1.165) is 30.0 Å². The molecule has 7 nitrogen and oxygen atoms in total. The first-order chi connectivity index (χ1) is 15.7. The van der Waals surface area contributed by atoms with Crippen LogP contribution in [0, 0.1) is 5.82 Å². The summed E-state index contributed by atoms with van der Waals surface area (Å²) < 4.78 is 29.5. The smallest absolute Gasteiger partial charge is 0.191 e. The minimum atomic E-state index is -0.227. The van der Waals surface area contributed by atoms with E-state index in [2.05, 4.69) is 20.5 Å². The Morgan fingerprint density at radius 1 is 1.06 bits per heavy atom. The molecule has 1 aliphatic rings. The highest BCUT2D eigenvalue weighted by atomic mass is 19.1. The van der Waals surface area contributed by atoms with Gasteiger partial charge in [-0.1, -0.05) is 24.3 Å². The number of methoxy groups -OCH3 is 1. The Kier molecular flexibility index (Phi) is 9.74. The fourth-order valence-corrected chi connectivity index (χ4v) is 3.58. The summed E-state index contributed by atoms with van der Waals surface area (Å²) in [6, 6.07) is 14.8. The number of ether oxygens (including phenoxy) is 3. The highest BCUT2D eigenvalue weighted by Gasteiger charge is 2.23. The molecule has 2 N–H and O–H groups in total. The fourth-order valence-electron chi connectivity index (χ4n) is 3.58. The predicted octanol–water partition coefficient (Wildman–Crippen LogP) is 2.59. The van der Waals surface area contributed by atoms with Crippen molar-refractivity contribution in [3.05, 3.63) is 65.5 Å². The largest absolute Gasteiger partial charge is 0.491 e. The number of hydrogen-bond acceptors (Lipinski definition) is 5. The molecule has 1 saturated heterocycles. The van der Waals surface area contributed by atoms with Crippen molar-refractivity contribution in [2.75, 3.05) is 60.2 Å². The van der Waals surface area contributed by atoms with E-state index in [4.69, 9.17) is 14.2 Å². The van der Waals surface area contributed by atoms with Crippen LogP contribution in [0.5, 0.6) is 5.75 Å². The van der Waals surface area contributed by atoms with Gasteiger partial charge in [-0.2, -0.15) is 0 Å². The topological polar surface area (TPSA) is 67.4 Å². The Hall–Kier alpha value is -2.68. The number of halogens is 1. The highest BCUT2D eigenvalue weighted by Crippen LogP contribution is 2.21. The van der Waals surface area contributed by atoms with Crippen molar-refractivity contribution in [3.63, 3.8) is 0 Å². The van der Waals surface area contributed by atoms with Crippen molar-refractivity contribution in [1.82, 2.24) is 15.5 Å². The summed E-state index contributed by atoms with van der Waals surface area (Å²) in [5.74, 6) is 1.31. The lowest BCUT2D eigenvalue weighted by Gasteiger charge is -2.35. The lowest BCUT2D eigenvalue weighted by atomic mass is 10.0. The van der Waals surface area contributed by atoms with Gasteiger partial charge in [0.2, 0.25) is 0 Å². The number of guanidine groups is 1. The van der Waals surface area contributed by atoms with E-state index in [0.29, 0.717) is 45.5 Å². The molecular weight excluding hydrogens is 411 g/mol. The molecule has 0 aliphatic carbocycles. The van der Waals surface area contributed by atoms with Crippen molar-refractivity contribution in [2.24, 2.45) is 4.99 Å². The Labute approximate surface area is 189 Å². The van der Waals surface area contributed by atoms with Crippen LogP contribution in [0.25, 0.3) is 0 Å². The van der Waals surface area contributed by atoms with Crippen LogP contribution in [0.2, 0.25) is 0 Å². The SMILES string of the molecule is CN=C(NCc1ccc(OCCOC)cc1)NCC(c1ccc(F)cc1)N1CCOCC1. The maximum absolute atomic E-state index is 13.4. The van der Waals surface area contributed by atoms with Crippen LogP contribution in [0.1, 0.15) is 17.2 Å². The number of nitrogens with one attached hydrogen (secondary N) is 2. The summed E-state index contributed by atoms with van der Waals surface area (Å²) in [7, 11) is 3.41. The summed E-state index contributed by atoms with van der Waals surface area (Å²) in [6.07, 6.45) is 0. The van der Waals surface area contributed by atoms with Gasteiger partial charge in [0.15, 0.2) is 5.96 Å². The van der Waals surface area contributed by atoms with Crippen molar-refractivity contribution in [3.8, 4) is 5.75 Å². The molecule has 0 spiro atoms. The van der Waals surface area contributed by atoms with Gasteiger partial charge in [0, 0.05) is 40.3 Å². The molecule has 1 heterocycles. The van der Waals surface area contributed by atoms with E-state index in [1.165, 1.54) is 12.1 Å². The molecule has 2 aromatic rings. The van der Waals surface area contributed by atoms with Gasteiger partial charge in [0.25, 0.3) is 0 Å². The Morgan fingerprint density at radius 3 is 2.44 bits per heavy atom. The van der Waals surface area contributed by atoms with Gasteiger partial charge >= 0.3 is 0 Å². The minimum absolute atomic E-state index is 0.0987. The van der Waals surface area contributed by atoms with E-state index in [-0.39, 0.29) is 11.9 Å². The lowest BCUT2D eigenvalue weighted by molar-refractivity contribution is 0.0170. The molecule has 0 radical (unpaired) electrons. The van der Waals surface area contributed by atoms with Crippen LogP contribution < -0.4 is 15.4 Å². The molecule has 1 fully saturated rings. The number of morpholine rings is 1. The number of benzene rings is 2. The second-order valence-electron chi connectivity index (χ2n) is 7.51. The molecule has 0 aromatic heterocycles. The fraction of sp³-hybridized carbons (Fsp3) is 0.458. The maximum atomic E-state index is 13.4. The van der Waals surface area contributed by atoms with Gasteiger partial charge in [0.05, 0.1) is 25.9 Å². The summed E-state index contributed by atoms with van der Waals surface area (Å²) in [5.41, 5.74) is 2.19. The van der Waals surface area contributed by atoms with Crippen LogP contribution in [-0.4, -0.2) is 71.1 Å². The average molecular weight is 445 g/mol. The molecule has 1 unspecified atom stereocenters. The van der Waals surface area contributed by atoms with Crippen molar-refractivity contribution >= 4 is 5.96 Å². The van der Waals surface area contributed by atoms with E-state index in [9.17, 15) is 4.39 Å². The molecule has 32 heavy (non-hydrogen) atoms. The van der Waals surface area contributed by atoms with Crippen molar-refractivity contribution < 1.29 is 18.6 Å². The van der Waals surface area contributed by atoms with Crippen molar-refractivity contribution in [2.45, 2.75) is 12.6 Å². The second kappa shape index (κ2) is 13.0. The third kappa shape index (κ3) is 7.47. The van der Waals surface area contributed by atoms with Gasteiger partial charge in [0.1, 0.15) is 18.2 Å². The number of rotatable bonds is 10. The third-order valence-corrected chi connectivity index (χ3v) is 5.37. The molecule has 2 aromatic carbocycles. The Balaban J connectivity index is 1.54. The van der Waals surface area contributed by atoms with Gasteiger partial charge in [-0.3, -0.25) is 9.89 Å². The van der Waals surface area contributed by atoms with E-state index < -0.39 is 0 Å². The van der Waals surface area contributed by atoms with Gasteiger partial charge in [-0.05, 0) is 35.4 Å². The standard InChI is InChI=1S/C24H33FN4O3/c1-26-24(27-17-19-3-9-22(10-4-19)32-16-15-30-2)28-18-23(29-11-13-31-14-12-29)20-5-7-21(25)8-6-20/h3-10,23H,11-18H2,1-2H3,(H2,26,27,28). The van der Waals surface area contributed by atoms with Crippen LogP contribution in [0.15, 0.2) is 53.5 Å². The molecule has 1 atom stereocenters. The first-order valence-electron chi connectivity index (χ1n) is 10.9. The summed E-state index contributed by atoms with van der Waals surface area (Å²) in [6.45, 7) is 5.47. The predicted molar refractivity (Wildman–Crippen MR) is 124 cm³/mol. The lowest BCUT2D eigenvalue weighted by Crippen LogP contribution is -2.46. The summed E-state index contributed by atoms with van der Waals surface area (Å²) >= 11 is 0. The first kappa shape index (κ1) is 24.0. The average Bonchev–Trinajstić information content (AvgIpc) is 2.84. The quantitative estimate of drug-likeness (QED) is 0.334. The zero-order valence-electron chi connectivity index (χ0n) is 18.9. The number of nitrogens with zero attached hydrogens (tertiary/aromatic N) is 2. The van der Waals surface area contributed by atoms with Gasteiger partial charge in [-0.15, -0.1) is 0 Å². The van der Waals surface area contributed by atoms with Crippen LogP contribution in [-0.2, 0) is 16.0 Å². The molecule has 3 rings (SSSR count). The normalized spacial score (nSPS) is 15.9. The molecule has 174 valence electrons. The van der Waals surface area contributed by atoms with E-state index >= 15 is 0 Å².